The van der Waals surface area contributed by atoms with Gasteiger partial charge in [0.1, 0.15) is 5.82 Å². The summed E-state index contributed by atoms with van der Waals surface area (Å²) in [6.07, 6.45) is 5.68. The maximum Gasteiger partial charge on any atom is 0.304 e. The minimum atomic E-state index is -0.734. The zero-order valence-corrected chi connectivity index (χ0v) is 14.1. The molecule has 2 aliphatic rings. The van der Waals surface area contributed by atoms with Gasteiger partial charge in [-0.3, -0.25) is 4.79 Å². The van der Waals surface area contributed by atoms with Gasteiger partial charge in [-0.2, -0.15) is 0 Å². The molecule has 1 saturated heterocycles. The molecule has 0 spiro atoms. The molecular weight excluding hydrogens is 307 g/mol. The second kappa shape index (κ2) is 7.62. The molecule has 1 aromatic rings. The van der Waals surface area contributed by atoms with Gasteiger partial charge in [0.25, 0.3) is 0 Å². The number of nitrogens with one attached hydrogen (secondary N) is 1. The smallest absolute Gasteiger partial charge is 0.304 e. The van der Waals surface area contributed by atoms with Crippen LogP contribution in [0.25, 0.3) is 0 Å². The first kappa shape index (κ1) is 17.4. The standard InChI is InChI=1S/C19H27FN2O2/c20-16-3-1-2-15(12-16)13-19(14-21-17-4-5-17)7-10-22(11-8-19)9-6-18(23)24/h1-3,12,17,21H,4-11,13-14H2,(H,23,24). The van der Waals surface area contributed by atoms with Crippen molar-refractivity contribution in [2.24, 2.45) is 5.41 Å². The van der Waals surface area contributed by atoms with Crippen LogP contribution in [0.4, 0.5) is 4.39 Å². The Labute approximate surface area is 143 Å². The van der Waals surface area contributed by atoms with Crippen LogP contribution in [0.5, 0.6) is 0 Å². The SMILES string of the molecule is O=C(O)CCN1CCC(CNC2CC2)(Cc2cccc(F)c2)CC1. The molecule has 24 heavy (non-hydrogen) atoms. The summed E-state index contributed by atoms with van der Waals surface area (Å²) in [6.45, 7) is 3.45. The van der Waals surface area contributed by atoms with Crippen molar-refractivity contribution in [3.8, 4) is 0 Å². The van der Waals surface area contributed by atoms with Crippen LogP contribution < -0.4 is 5.32 Å². The van der Waals surface area contributed by atoms with Gasteiger partial charge in [0.2, 0.25) is 0 Å². The van der Waals surface area contributed by atoms with E-state index in [2.05, 4.69) is 10.2 Å². The second-order valence-electron chi connectivity index (χ2n) is 7.45. The van der Waals surface area contributed by atoms with E-state index >= 15 is 0 Å². The molecule has 0 bridgehead atoms. The molecule has 1 aromatic carbocycles. The Balaban J connectivity index is 1.61. The molecule has 132 valence electrons. The van der Waals surface area contributed by atoms with Crippen LogP contribution in [-0.2, 0) is 11.2 Å². The average molecular weight is 334 g/mol. The molecule has 0 unspecified atom stereocenters. The molecule has 0 atom stereocenters. The fourth-order valence-electron chi connectivity index (χ4n) is 3.65. The van der Waals surface area contributed by atoms with Crippen LogP contribution in [0.3, 0.4) is 0 Å². The van der Waals surface area contributed by atoms with Gasteiger partial charge < -0.3 is 15.3 Å². The van der Waals surface area contributed by atoms with E-state index in [0.29, 0.717) is 12.6 Å². The summed E-state index contributed by atoms with van der Waals surface area (Å²) in [6, 6.07) is 7.61. The average Bonchev–Trinajstić information content (AvgIpc) is 3.37. The van der Waals surface area contributed by atoms with Crippen LogP contribution in [0.2, 0.25) is 0 Å². The van der Waals surface area contributed by atoms with Gasteiger partial charge in [0.15, 0.2) is 0 Å². The van der Waals surface area contributed by atoms with E-state index in [9.17, 15) is 9.18 Å². The molecule has 2 N–H and O–H groups in total. The van der Waals surface area contributed by atoms with Crippen molar-refractivity contribution in [1.29, 1.82) is 0 Å². The zero-order chi connectivity index (χ0) is 17.0. The predicted molar refractivity (Wildman–Crippen MR) is 91.5 cm³/mol. The van der Waals surface area contributed by atoms with Crippen molar-refractivity contribution in [3.05, 3.63) is 35.6 Å². The fourth-order valence-corrected chi connectivity index (χ4v) is 3.65. The van der Waals surface area contributed by atoms with Crippen LogP contribution in [-0.4, -0.2) is 48.2 Å². The highest BCUT2D eigenvalue weighted by Crippen LogP contribution is 2.36. The molecule has 5 heteroatoms. The molecule has 1 aliphatic carbocycles. The number of carboxylic acid groups (broad SMARTS) is 1. The Morgan fingerprint density at radius 1 is 1.33 bits per heavy atom. The third-order valence-electron chi connectivity index (χ3n) is 5.37. The van der Waals surface area contributed by atoms with Crippen LogP contribution in [0, 0.1) is 11.2 Å². The van der Waals surface area contributed by atoms with Gasteiger partial charge in [0.05, 0.1) is 6.42 Å². The minimum absolute atomic E-state index is 0.149. The number of likely N-dealkylation sites (tertiary alicyclic amines) is 1. The molecule has 0 amide bonds. The number of rotatable bonds is 8. The molecule has 2 fully saturated rings. The van der Waals surface area contributed by atoms with Crippen molar-refractivity contribution in [1.82, 2.24) is 10.2 Å². The highest BCUT2D eigenvalue weighted by atomic mass is 19.1. The summed E-state index contributed by atoms with van der Waals surface area (Å²) >= 11 is 0. The molecule has 3 rings (SSSR count). The Bertz CT molecular complexity index is 566. The number of carbonyl (C=O) groups is 1. The first-order chi connectivity index (χ1) is 11.5. The predicted octanol–water partition coefficient (Wildman–Crippen LogP) is 2.68. The maximum atomic E-state index is 13.5. The number of piperidine rings is 1. The number of benzene rings is 1. The maximum absolute atomic E-state index is 13.5. The number of nitrogens with zero attached hydrogens (tertiary/aromatic N) is 1. The van der Waals surface area contributed by atoms with E-state index in [0.717, 1.165) is 44.5 Å². The molecular formula is C19H27FN2O2. The molecule has 1 saturated carbocycles. The number of hydrogen-bond acceptors (Lipinski definition) is 3. The normalized spacial score (nSPS) is 20.9. The van der Waals surface area contributed by atoms with Crippen molar-refractivity contribution in [2.75, 3.05) is 26.2 Å². The van der Waals surface area contributed by atoms with E-state index in [1.807, 2.05) is 6.07 Å². The van der Waals surface area contributed by atoms with Gasteiger partial charge in [-0.05, 0) is 68.3 Å². The van der Waals surface area contributed by atoms with E-state index in [4.69, 9.17) is 5.11 Å². The number of hydrogen-bond donors (Lipinski definition) is 2. The molecule has 1 heterocycles. The summed E-state index contributed by atoms with van der Waals surface area (Å²) < 4.78 is 13.5. The van der Waals surface area contributed by atoms with E-state index in [1.54, 1.807) is 12.1 Å². The van der Waals surface area contributed by atoms with E-state index < -0.39 is 5.97 Å². The van der Waals surface area contributed by atoms with Crippen molar-refractivity contribution < 1.29 is 14.3 Å². The van der Waals surface area contributed by atoms with E-state index in [1.165, 1.54) is 18.9 Å². The molecule has 0 aromatic heterocycles. The lowest BCUT2D eigenvalue weighted by Gasteiger charge is -2.42. The third kappa shape index (κ3) is 5.02. The zero-order valence-electron chi connectivity index (χ0n) is 14.1. The topological polar surface area (TPSA) is 52.6 Å². The molecule has 0 radical (unpaired) electrons. The monoisotopic (exact) mass is 334 g/mol. The second-order valence-corrected chi connectivity index (χ2v) is 7.45. The summed E-state index contributed by atoms with van der Waals surface area (Å²) in [5.74, 6) is -0.904. The highest BCUT2D eigenvalue weighted by molar-refractivity contribution is 5.66. The van der Waals surface area contributed by atoms with E-state index in [-0.39, 0.29) is 17.7 Å². The lowest BCUT2D eigenvalue weighted by atomic mass is 9.73. The summed E-state index contributed by atoms with van der Waals surface area (Å²) in [4.78, 5) is 13.0. The largest absolute Gasteiger partial charge is 0.481 e. The van der Waals surface area contributed by atoms with Crippen LogP contribution in [0.15, 0.2) is 24.3 Å². The van der Waals surface area contributed by atoms with Crippen LogP contribution >= 0.6 is 0 Å². The lowest BCUT2D eigenvalue weighted by molar-refractivity contribution is -0.137. The highest BCUT2D eigenvalue weighted by Gasteiger charge is 2.36. The Hall–Kier alpha value is -1.46. The van der Waals surface area contributed by atoms with Crippen LogP contribution in [0.1, 0.15) is 37.7 Å². The van der Waals surface area contributed by atoms with Gasteiger partial charge >= 0.3 is 5.97 Å². The van der Waals surface area contributed by atoms with Gasteiger partial charge in [-0.15, -0.1) is 0 Å². The minimum Gasteiger partial charge on any atom is -0.481 e. The summed E-state index contributed by atoms with van der Waals surface area (Å²) in [7, 11) is 0. The Kier molecular flexibility index (Phi) is 5.51. The van der Waals surface area contributed by atoms with Crippen molar-refractivity contribution in [2.45, 2.75) is 44.6 Å². The molecule has 1 aliphatic heterocycles. The summed E-state index contributed by atoms with van der Waals surface area (Å²) in [5.41, 5.74) is 1.21. The number of carboxylic acids is 1. The summed E-state index contributed by atoms with van der Waals surface area (Å²) in [5, 5.41) is 12.5. The van der Waals surface area contributed by atoms with Crippen molar-refractivity contribution in [3.63, 3.8) is 0 Å². The quantitative estimate of drug-likeness (QED) is 0.767. The number of halogens is 1. The van der Waals surface area contributed by atoms with Gasteiger partial charge in [0, 0.05) is 19.1 Å². The lowest BCUT2D eigenvalue weighted by Crippen LogP contribution is -2.47. The first-order valence-electron chi connectivity index (χ1n) is 8.97. The van der Waals surface area contributed by atoms with Gasteiger partial charge in [-0.25, -0.2) is 4.39 Å². The molecule has 4 nitrogen and oxygen atoms in total. The fraction of sp³-hybridized carbons (Fsp3) is 0.632. The first-order valence-corrected chi connectivity index (χ1v) is 8.97. The third-order valence-corrected chi connectivity index (χ3v) is 5.37. The van der Waals surface area contributed by atoms with Gasteiger partial charge in [-0.1, -0.05) is 12.1 Å². The number of aliphatic carboxylic acids is 1. The Morgan fingerprint density at radius 2 is 2.08 bits per heavy atom. The van der Waals surface area contributed by atoms with Crippen molar-refractivity contribution >= 4 is 5.97 Å². The Morgan fingerprint density at radius 3 is 2.71 bits per heavy atom.